The molecule has 1 aliphatic rings. The smallest absolute Gasteiger partial charge is 0.260 e. The van der Waals surface area contributed by atoms with Crippen molar-refractivity contribution in [2.45, 2.75) is 38.3 Å². The molecule has 0 spiro atoms. The summed E-state index contributed by atoms with van der Waals surface area (Å²) in [5, 5.41) is 3.02. The molecule has 0 aliphatic carbocycles. The van der Waals surface area contributed by atoms with E-state index in [9.17, 15) is 4.79 Å². The standard InChI is InChI=1S/C20H25BrN2O3/c1-15(26-17-9-7-16(21)8-10-17)20(24)22-14-18(19-6-5-13-25-19)23-11-3-2-4-12-23/h5-10,13,15,18H,2-4,11-12,14H2,1H3,(H,22,24)/t15-,18+/m1/s1. The van der Waals surface area contributed by atoms with Gasteiger partial charge in [-0.3, -0.25) is 9.69 Å². The summed E-state index contributed by atoms with van der Waals surface area (Å²) in [6.07, 6.45) is 4.77. The van der Waals surface area contributed by atoms with Crippen LogP contribution in [0.4, 0.5) is 0 Å². The predicted molar refractivity (Wildman–Crippen MR) is 104 cm³/mol. The maximum atomic E-state index is 12.5. The van der Waals surface area contributed by atoms with E-state index in [0.29, 0.717) is 12.3 Å². The Bertz CT molecular complexity index is 682. The van der Waals surface area contributed by atoms with E-state index >= 15 is 0 Å². The number of ether oxygens (including phenoxy) is 1. The van der Waals surface area contributed by atoms with Gasteiger partial charge in [-0.15, -0.1) is 0 Å². The van der Waals surface area contributed by atoms with E-state index in [1.165, 1.54) is 19.3 Å². The fourth-order valence-corrected chi connectivity index (χ4v) is 3.50. The second-order valence-electron chi connectivity index (χ2n) is 6.59. The van der Waals surface area contributed by atoms with Crippen LogP contribution in [0.15, 0.2) is 51.6 Å². The van der Waals surface area contributed by atoms with Crippen molar-refractivity contribution in [1.82, 2.24) is 10.2 Å². The summed E-state index contributed by atoms with van der Waals surface area (Å²) in [5.41, 5.74) is 0. The molecule has 0 radical (unpaired) electrons. The first-order valence-electron chi connectivity index (χ1n) is 9.11. The van der Waals surface area contributed by atoms with Crippen LogP contribution in [-0.2, 0) is 4.79 Å². The summed E-state index contributed by atoms with van der Waals surface area (Å²) in [4.78, 5) is 14.9. The highest BCUT2D eigenvalue weighted by atomic mass is 79.9. The van der Waals surface area contributed by atoms with E-state index in [4.69, 9.17) is 9.15 Å². The Kier molecular flexibility index (Phi) is 6.74. The Labute approximate surface area is 162 Å². The quantitative estimate of drug-likeness (QED) is 0.730. The Morgan fingerprint density at radius 2 is 1.96 bits per heavy atom. The van der Waals surface area contributed by atoms with Crippen LogP contribution in [0, 0.1) is 0 Å². The Hall–Kier alpha value is -1.79. The van der Waals surface area contributed by atoms with Crippen molar-refractivity contribution < 1.29 is 13.9 Å². The maximum absolute atomic E-state index is 12.5. The number of carbonyl (C=O) groups is 1. The lowest BCUT2D eigenvalue weighted by Gasteiger charge is -2.33. The predicted octanol–water partition coefficient (Wildman–Crippen LogP) is 4.15. The number of likely N-dealkylation sites (tertiary alicyclic amines) is 1. The number of halogens is 1. The van der Waals surface area contributed by atoms with Crippen molar-refractivity contribution in [3.8, 4) is 5.75 Å². The van der Waals surface area contributed by atoms with E-state index < -0.39 is 6.10 Å². The van der Waals surface area contributed by atoms with Gasteiger partial charge in [0.1, 0.15) is 11.5 Å². The molecule has 0 saturated carbocycles. The van der Waals surface area contributed by atoms with Crippen molar-refractivity contribution in [2.24, 2.45) is 0 Å². The van der Waals surface area contributed by atoms with Gasteiger partial charge < -0.3 is 14.5 Å². The van der Waals surface area contributed by atoms with Gasteiger partial charge in [-0.25, -0.2) is 0 Å². The van der Waals surface area contributed by atoms with Gasteiger partial charge in [0.15, 0.2) is 6.10 Å². The van der Waals surface area contributed by atoms with Crippen molar-refractivity contribution >= 4 is 21.8 Å². The number of piperidine rings is 1. The van der Waals surface area contributed by atoms with Gasteiger partial charge in [-0.05, 0) is 69.3 Å². The number of benzene rings is 1. The van der Waals surface area contributed by atoms with E-state index in [1.54, 1.807) is 13.2 Å². The zero-order chi connectivity index (χ0) is 18.4. The number of nitrogens with one attached hydrogen (secondary N) is 1. The monoisotopic (exact) mass is 420 g/mol. The number of nitrogens with zero attached hydrogens (tertiary/aromatic N) is 1. The fourth-order valence-electron chi connectivity index (χ4n) is 3.23. The average molecular weight is 421 g/mol. The summed E-state index contributed by atoms with van der Waals surface area (Å²) in [5.74, 6) is 1.45. The van der Waals surface area contributed by atoms with Gasteiger partial charge in [-0.2, -0.15) is 0 Å². The first-order valence-corrected chi connectivity index (χ1v) is 9.90. The van der Waals surface area contributed by atoms with Crippen LogP contribution in [0.3, 0.4) is 0 Å². The van der Waals surface area contributed by atoms with Crippen LogP contribution >= 0.6 is 15.9 Å². The molecule has 140 valence electrons. The first kappa shape index (κ1) is 19.0. The zero-order valence-corrected chi connectivity index (χ0v) is 16.6. The molecular formula is C20H25BrN2O3. The lowest BCUT2D eigenvalue weighted by Crippen LogP contribution is -2.43. The number of amides is 1. The van der Waals surface area contributed by atoms with E-state index in [-0.39, 0.29) is 11.9 Å². The first-order chi connectivity index (χ1) is 12.6. The number of rotatable bonds is 7. The Morgan fingerprint density at radius 1 is 1.23 bits per heavy atom. The van der Waals surface area contributed by atoms with Crippen LogP contribution in [0.2, 0.25) is 0 Å². The fraction of sp³-hybridized carbons (Fsp3) is 0.450. The minimum Gasteiger partial charge on any atom is -0.481 e. The largest absolute Gasteiger partial charge is 0.481 e. The van der Waals surface area contributed by atoms with Crippen LogP contribution < -0.4 is 10.1 Å². The number of hydrogen-bond acceptors (Lipinski definition) is 4. The summed E-state index contributed by atoms with van der Waals surface area (Å²) in [6.45, 7) is 4.35. The minimum absolute atomic E-state index is 0.0640. The van der Waals surface area contributed by atoms with Gasteiger partial charge in [0, 0.05) is 11.0 Å². The van der Waals surface area contributed by atoms with Crippen molar-refractivity contribution in [3.63, 3.8) is 0 Å². The average Bonchev–Trinajstić information content (AvgIpc) is 3.19. The lowest BCUT2D eigenvalue weighted by molar-refractivity contribution is -0.127. The lowest BCUT2D eigenvalue weighted by atomic mass is 10.1. The SMILES string of the molecule is C[C@@H](Oc1ccc(Br)cc1)C(=O)NC[C@@H](c1ccco1)N1CCCCC1. The molecule has 1 fully saturated rings. The van der Waals surface area contributed by atoms with E-state index in [0.717, 1.165) is 23.3 Å². The minimum atomic E-state index is -0.560. The summed E-state index contributed by atoms with van der Waals surface area (Å²) >= 11 is 3.39. The summed E-state index contributed by atoms with van der Waals surface area (Å²) in [6, 6.07) is 11.4. The van der Waals surface area contributed by atoms with Crippen LogP contribution in [0.5, 0.6) is 5.75 Å². The third kappa shape index (κ3) is 5.11. The third-order valence-electron chi connectivity index (χ3n) is 4.67. The highest BCUT2D eigenvalue weighted by molar-refractivity contribution is 9.10. The molecule has 6 heteroatoms. The van der Waals surface area contributed by atoms with Gasteiger partial charge >= 0.3 is 0 Å². The molecule has 1 aromatic carbocycles. The number of carbonyl (C=O) groups excluding carboxylic acids is 1. The topological polar surface area (TPSA) is 54.7 Å². The van der Waals surface area contributed by atoms with Crippen molar-refractivity contribution in [2.75, 3.05) is 19.6 Å². The summed E-state index contributed by atoms with van der Waals surface area (Å²) < 4.78 is 12.3. The number of hydrogen-bond donors (Lipinski definition) is 1. The van der Waals surface area contributed by atoms with Gasteiger partial charge in [0.05, 0.1) is 12.3 Å². The number of furan rings is 1. The second-order valence-corrected chi connectivity index (χ2v) is 7.50. The highest BCUT2D eigenvalue weighted by Gasteiger charge is 2.26. The molecule has 2 aromatic rings. The summed E-state index contributed by atoms with van der Waals surface area (Å²) in [7, 11) is 0. The molecule has 1 aromatic heterocycles. The molecule has 1 aliphatic heterocycles. The maximum Gasteiger partial charge on any atom is 0.260 e. The van der Waals surface area contributed by atoms with Crippen LogP contribution in [0.25, 0.3) is 0 Å². The molecule has 2 heterocycles. The zero-order valence-electron chi connectivity index (χ0n) is 15.0. The molecule has 0 unspecified atom stereocenters. The normalized spacial score (nSPS) is 17.5. The molecule has 2 atom stereocenters. The Morgan fingerprint density at radius 3 is 2.62 bits per heavy atom. The molecule has 26 heavy (non-hydrogen) atoms. The van der Waals surface area contributed by atoms with Gasteiger partial charge in [0.2, 0.25) is 0 Å². The van der Waals surface area contributed by atoms with Crippen LogP contribution in [0.1, 0.15) is 38.0 Å². The molecular weight excluding hydrogens is 396 g/mol. The second kappa shape index (κ2) is 9.24. The molecule has 1 N–H and O–H groups in total. The highest BCUT2D eigenvalue weighted by Crippen LogP contribution is 2.24. The van der Waals surface area contributed by atoms with Crippen LogP contribution in [-0.4, -0.2) is 36.5 Å². The molecule has 1 amide bonds. The Balaban J connectivity index is 1.57. The molecule has 1 saturated heterocycles. The molecule has 0 bridgehead atoms. The van der Waals surface area contributed by atoms with E-state index in [1.807, 2.05) is 36.4 Å². The molecule has 5 nitrogen and oxygen atoms in total. The third-order valence-corrected chi connectivity index (χ3v) is 5.20. The van der Waals surface area contributed by atoms with Gasteiger partial charge in [-0.1, -0.05) is 22.4 Å². The molecule has 3 rings (SSSR count). The van der Waals surface area contributed by atoms with Gasteiger partial charge in [0.25, 0.3) is 5.91 Å². The van der Waals surface area contributed by atoms with E-state index in [2.05, 4.69) is 26.1 Å². The van der Waals surface area contributed by atoms with Crippen molar-refractivity contribution in [3.05, 3.63) is 52.9 Å². The van der Waals surface area contributed by atoms with Crippen molar-refractivity contribution in [1.29, 1.82) is 0 Å².